The summed E-state index contributed by atoms with van der Waals surface area (Å²) in [7, 11) is 3.91. The Labute approximate surface area is 354 Å². The molecule has 1 heterocycles. The Morgan fingerprint density at radius 3 is 0.567 bits per heavy atom. The van der Waals surface area contributed by atoms with Crippen molar-refractivity contribution in [3.8, 4) is 34.5 Å². The molecule has 0 aliphatic carbocycles. The van der Waals surface area contributed by atoms with E-state index < -0.39 is 0 Å². The predicted octanol–water partition coefficient (Wildman–Crippen LogP) is 9.71. The zero-order chi connectivity index (χ0) is 43.2. The summed E-state index contributed by atoms with van der Waals surface area (Å²) in [4.78, 5) is 4.11. The van der Waals surface area contributed by atoms with Crippen molar-refractivity contribution in [2.45, 2.75) is 93.4 Å². The largest absolute Gasteiger partial charge is 0.507 e. The monoisotopic (exact) mass is 806 g/mol. The van der Waals surface area contributed by atoms with Gasteiger partial charge in [0.15, 0.2) is 0 Å². The highest BCUT2D eigenvalue weighted by Gasteiger charge is 2.21. The zero-order valence-corrected chi connectivity index (χ0v) is 36.2. The normalized spacial score (nSPS) is 14.4. The summed E-state index contributed by atoms with van der Waals surface area (Å²) in [5.41, 5.74) is 14.4. The van der Waals surface area contributed by atoms with Crippen molar-refractivity contribution in [3.05, 3.63) is 173 Å². The molecule has 6 aromatic carbocycles. The second-order valence-electron chi connectivity index (χ2n) is 17.6. The molecule has 0 saturated carbocycles. The van der Waals surface area contributed by atoms with Gasteiger partial charge in [-0.2, -0.15) is 0 Å². The fraction of sp³-hybridized carbons (Fsp3) is 0.308. The molecule has 1 aliphatic heterocycles. The van der Waals surface area contributed by atoms with Crippen molar-refractivity contribution in [1.29, 1.82) is 0 Å². The van der Waals surface area contributed by atoms with Gasteiger partial charge in [-0.15, -0.1) is 0 Å². The van der Waals surface area contributed by atoms with Crippen LogP contribution in [0.1, 0.15) is 100 Å². The summed E-state index contributed by atoms with van der Waals surface area (Å²) in [5.74, 6) is 0.952. The van der Waals surface area contributed by atoms with Crippen molar-refractivity contribution in [2.24, 2.45) is 0 Å². The Morgan fingerprint density at radius 1 is 0.267 bits per heavy atom. The van der Waals surface area contributed by atoms with Crippen molar-refractivity contribution >= 4 is 0 Å². The van der Waals surface area contributed by atoms with E-state index in [2.05, 4.69) is 9.80 Å². The minimum atomic E-state index is 0.138. The molecule has 0 aromatic heterocycles. The van der Waals surface area contributed by atoms with Crippen LogP contribution < -0.4 is 0 Å². The number of fused-ring (bicyclic) bond motifs is 12. The SMILES string of the molecule is Cc1cc2c(O)c(c1)Cc1cc(C)cc(c1O)CN(C)Cc1cc(C)cc(c1O)Cc1cc(C)cc(c1O)Cc1cc(C)cc(c1O)CN(C)Cc1cc(C)cc(c1O)C2. The quantitative estimate of drug-likeness (QED) is 0.0896. The third kappa shape index (κ3) is 9.10. The first-order valence-electron chi connectivity index (χ1n) is 20.7. The molecule has 0 saturated heterocycles. The summed E-state index contributed by atoms with van der Waals surface area (Å²) in [6.45, 7) is 13.6. The number of aromatic hydroxyl groups is 6. The van der Waals surface area contributed by atoms with Gasteiger partial charge in [0.1, 0.15) is 34.5 Å². The molecular weight excluding hydrogens is 749 g/mol. The van der Waals surface area contributed by atoms with Gasteiger partial charge in [-0.3, -0.25) is 9.80 Å². The van der Waals surface area contributed by atoms with Crippen LogP contribution in [0, 0.1) is 41.5 Å². The van der Waals surface area contributed by atoms with Crippen molar-refractivity contribution in [1.82, 2.24) is 9.80 Å². The molecule has 0 spiro atoms. The lowest BCUT2D eigenvalue weighted by Crippen LogP contribution is -2.18. The number of aryl methyl sites for hydroxylation is 6. The standard InChI is InChI=1S/C52H58N2O6/c1-29-9-35-21-39-13-31(3)17-43(49(39)57)25-53(7)27-45-19-33(5)15-41(51(45)59)23-37-11-30(2)12-38(48(37)56)24-42-16-34(6)20-46(52(42)60)28-54(8)26-44-18-32(4)14-40(50(44)58)22-36(10-29)47(35)55/h9-20,55-60H,21-28H2,1-8H3. The molecule has 0 amide bonds. The fourth-order valence-corrected chi connectivity index (χ4v) is 9.26. The minimum Gasteiger partial charge on any atom is -0.507 e. The molecule has 8 nitrogen and oxygen atoms in total. The van der Waals surface area contributed by atoms with E-state index >= 15 is 0 Å². The molecule has 0 atom stereocenters. The number of rotatable bonds is 0. The summed E-state index contributed by atoms with van der Waals surface area (Å²) in [6, 6.07) is 23.5. The Morgan fingerprint density at radius 2 is 0.400 bits per heavy atom. The number of phenolic OH excluding ortho intramolecular Hbond substituents is 6. The topological polar surface area (TPSA) is 128 Å². The fourth-order valence-electron chi connectivity index (χ4n) is 9.26. The predicted molar refractivity (Wildman–Crippen MR) is 239 cm³/mol. The maximum Gasteiger partial charge on any atom is 0.123 e. The van der Waals surface area contributed by atoms with E-state index in [1.165, 1.54) is 0 Å². The average molecular weight is 807 g/mol. The zero-order valence-electron chi connectivity index (χ0n) is 36.2. The molecule has 6 aromatic rings. The van der Waals surface area contributed by atoms with Crippen LogP contribution in [0.2, 0.25) is 0 Å². The maximum absolute atomic E-state index is 11.7. The lowest BCUT2D eigenvalue weighted by Gasteiger charge is -2.22. The highest BCUT2D eigenvalue weighted by Crippen LogP contribution is 2.38. The van der Waals surface area contributed by atoms with Crippen molar-refractivity contribution in [2.75, 3.05) is 14.1 Å². The van der Waals surface area contributed by atoms with Crippen LogP contribution in [0.15, 0.2) is 72.8 Å². The molecule has 7 rings (SSSR count). The van der Waals surface area contributed by atoms with E-state index in [0.717, 1.165) is 55.6 Å². The van der Waals surface area contributed by atoms with E-state index in [9.17, 15) is 30.6 Å². The number of hydrogen-bond acceptors (Lipinski definition) is 8. The minimum absolute atomic E-state index is 0.138. The van der Waals surface area contributed by atoms with Gasteiger partial charge < -0.3 is 30.6 Å². The highest BCUT2D eigenvalue weighted by molar-refractivity contribution is 5.56. The number of phenols is 6. The van der Waals surface area contributed by atoms with Gasteiger partial charge in [-0.1, -0.05) is 106 Å². The van der Waals surface area contributed by atoms with E-state index in [-0.39, 0.29) is 34.5 Å². The first-order valence-corrected chi connectivity index (χ1v) is 20.7. The Hall–Kier alpha value is -5.96. The van der Waals surface area contributed by atoms with Crippen molar-refractivity contribution in [3.63, 3.8) is 0 Å². The van der Waals surface area contributed by atoms with Crippen LogP contribution >= 0.6 is 0 Å². The lowest BCUT2D eigenvalue weighted by atomic mass is 9.92. The summed E-state index contributed by atoms with van der Waals surface area (Å²) in [5, 5.41) is 70.3. The smallest absolute Gasteiger partial charge is 0.123 e. The molecule has 0 unspecified atom stereocenters. The molecule has 312 valence electrons. The molecule has 8 heteroatoms. The van der Waals surface area contributed by atoms with Crippen LogP contribution in [0.25, 0.3) is 0 Å². The number of hydrogen-bond donors (Lipinski definition) is 6. The van der Waals surface area contributed by atoms with E-state index in [4.69, 9.17) is 0 Å². The van der Waals surface area contributed by atoms with Gasteiger partial charge in [0.2, 0.25) is 0 Å². The molecule has 0 radical (unpaired) electrons. The van der Waals surface area contributed by atoms with Crippen molar-refractivity contribution < 1.29 is 30.6 Å². The van der Waals surface area contributed by atoms with Crippen LogP contribution in [-0.4, -0.2) is 54.5 Å². The Kier molecular flexibility index (Phi) is 11.9. The highest BCUT2D eigenvalue weighted by atomic mass is 16.3. The van der Waals surface area contributed by atoms with Crippen LogP contribution in [0.3, 0.4) is 0 Å². The number of benzene rings is 6. The van der Waals surface area contributed by atoms with Gasteiger partial charge in [-0.25, -0.2) is 0 Å². The molecule has 0 fully saturated rings. The van der Waals surface area contributed by atoms with Crippen LogP contribution in [-0.2, 0) is 51.9 Å². The van der Waals surface area contributed by atoms with E-state index in [1.54, 1.807) is 0 Å². The van der Waals surface area contributed by atoms with E-state index in [0.29, 0.717) is 96.4 Å². The lowest BCUT2D eigenvalue weighted by molar-refractivity contribution is 0.306. The summed E-state index contributed by atoms with van der Waals surface area (Å²) < 4.78 is 0. The molecule has 12 bridgehead atoms. The van der Waals surface area contributed by atoms with Crippen LogP contribution in [0.4, 0.5) is 0 Å². The Balaban J connectivity index is 1.33. The van der Waals surface area contributed by atoms with Gasteiger partial charge >= 0.3 is 0 Å². The van der Waals surface area contributed by atoms with E-state index in [1.807, 2.05) is 128 Å². The molecular formula is C52H58N2O6. The van der Waals surface area contributed by atoms with Crippen LogP contribution in [0.5, 0.6) is 34.5 Å². The molecule has 6 N–H and O–H groups in total. The second kappa shape index (κ2) is 17.0. The first kappa shape index (κ1) is 42.2. The van der Waals surface area contributed by atoms with Gasteiger partial charge in [-0.05, 0) is 100 Å². The van der Waals surface area contributed by atoms with Gasteiger partial charge in [0.25, 0.3) is 0 Å². The second-order valence-corrected chi connectivity index (χ2v) is 17.6. The van der Waals surface area contributed by atoms with Gasteiger partial charge in [0, 0.05) is 74.1 Å². The molecule has 1 aliphatic rings. The average Bonchev–Trinajstić information content (AvgIpc) is 3.15. The summed E-state index contributed by atoms with van der Waals surface area (Å²) in [6.07, 6.45) is 1.24. The third-order valence-corrected chi connectivity index (χ3v) is 11.8. The first-order chi connectivity index (χ1) is 28.4. The maximum atomic E-state index is 11.7. The third-order valence-electron chi connectivity index (χ3n) is 11.8. The number of nitrogens with zero attached hydrogens (tertiary/aromatic N) is 2. The van der Waals surface area contributed by atoms with Gasteiger partial charge in [0.05, 0.1) is 0 Å². The summed E-state index contributed by atoms with van der Waals surface area (Å²) >= 11 is 0. The Bertz CT molecular complexity index is 2280. The molecule has 60 heavy (non-hydrogen) atoms.